The summed E-state index contributed by atoms with van der Waals surface area (Å²) >= 11 is 0. The van der Waals surface area contributed by atoms with Gasteiger partial charge in [-0.15, -0.1) is 0 Å². The number of hydrogen-bond donors (Lipinski definition) is 1. The second kappa shape index (κ2) is 6.26. The van der Waals surface area contributed by atoms with Gasteiger partial charge in [0.25, 0.3) is 5.91 Å². The van der Waals surface area contributed by atoms with Crippen molar-refractivity contribution < 1.29 is 9.53 Å². The molecule has 3 rings (SSSR count). The number of ether oxygens (including phenoxy) is 1. The van der Waals surface area contributed by atoms with E-state index >= 15 is 0 Å². The summed E-state index contributed by atoms with van der Waals surface area (Å²) < 4.78 is 7.08. The summed E-state index contributed by atoms with van der Waals surface area (Å²) in [5.74, 6) is 1.16. The van der Waals surface area contributed by atoms with Crippen LogP contribution in [0.1, 0.15) is 12.7 Å². The molecular formula is C16H16N4O2. The van der Waals surface area contributed by atoms with Gasteiger partial charge >= 0.3 is 0 Å². The Kier molecular flexibility index (Phi) is 4.00. The normalized spacial score (nSPS) is 10.6. The predicted octanol–water partition coefficient (Wildman–Crippen LogP) is 2.31. The fraction of sp³-hybridized carbons (Fsp3) is 0.188. The van der Waals surface area contributed by atoms with Gasteiger partial charge in [-0.05, 0) is 24.3 Å². The highest BCUT2D eigenvalue weighted by Crippen LogP contribution is 2.15. The summed E-state index contributed by atoms with van der Waals surface area (Å²) in [7, 11) is 0. The van der Waals surface area contributed by atoms with Crippen LogP contribution in [0.5, 0.6) is 5.75 Å². The van der Waals surface area contributed by atoms with Crippen molar-refractivity contribution in [3.05, 3.63) is 54.5 Å². The van der Waals surface area contributed by atoms with E-state index in [1.165, 1.54) is 0 Å². The fourth-order valence-electron chi connectivity index (χ4n) is 2.05. The van der Waals surface area contributed by atoms with Crippen molar-refractivity contribution in [3.63, 3.8) is 0 Å². The molecule has 0 spiro atoms. The molecule has 0 saturated heterocycles. The molecule has 0 fully saturated rings. The maximum atomic E-state index is 12.0. The van der Waals surface area contributed by atoms with Crippen LogP contribution < -0.4 is 10.1 Å². The van der Waals surface area contributed by atoms with Crippen LogP contribution in [0, 0.1) is 0 Å². The van der Waals surface area contributed by atoms with Gasteiger partial charge in [-0.3, -0.25) is 4.79 Å². The Labute approximate surface area is 127 Å². The van der Waals surface area contributed by atoms with Crippen LogP contribution in [-0.4, -0.2) is 27.1 Å². The molecule has 0 bridgehead atoms. The van der Waals surface area contributed by atoms with E-state index in [9.17, 15) is 4.79 Å². The number of nitrogens with zero attached hydrogens (tertiary/aromatic N) is 3. The number of aryl methyl sites for hydroxylation is 1. The van der Waals surface area contributed by atoms with Crippen molar-refractivity contribution in [1.29, 1.82) is 0 Å². The van der Waals surface area contributed by atoms with Crippen LogP contribution in [0.25, 0.3) is 5.65 Å². The average Bonchev–Trinajstić information content (AvgIpc) is 2.98. The number of carbonyl (C=O) groups is 1. The SMILES string of the molecule is CCc1nc2c(NC(=O)COc3ccccc3)cccn2n1. The fourth-order valence-corrected chi connectivity index (χ4v) is 2.05. The van der Waals surface area contributed by atoms with Crippen LogP contribution in [-0.2, 0) is 11.2 Å². The van der Waals surface area contributed by atoms with Gasteiger partial charge in [0.15, 0.2) is 18.1 Å². The molecule has 0 atom stereocenters. The zero-order valence-electron chi connectivity index (χ0n) is 12.2. The van der Waals surface area contributed by atoms with E-state index in [4.69, 9.17) is 4.74 Å². The monoisotopic (exact) mass is 296 g/mol. The first-order valence-electron chi connectivity index (χ1n) is 7.08. The zero-order valence-corrected chi connectivity index (χ0v) is 12.2. The van der Waals surface area contributed by atoms with Crippen molar-refractivity contribution >= 4 is 17.2 Å². The second-order valence-corrected chi connectivity index (χ2v) is 4.72. The minimum Gasteiger partial charge on any atom is -0.484 e. The summed E-state index contributed by atoms with van der Waals surface area (Å²) in [6, 6.07) is 12.8. The summed E-state index contributed by atoms with van der Waals surface area (Å²) in [6.07, 6.45) is 2.55. The smallest absolute Gasteiger partial charge is 0.262 e. The molecule has 2 heterocycles. The molecule has 112 valence electrons. The zero-order chi connectivity index (χ0) is 15.4. The Morgan fingerprint density at radius 3 is 2.82 bits per heavy atom. The largest absolute Gasteiger partial charge is 0.484 e. The number of amides is 1. The topological polar surface area (TPSA) is 68.5 Å². The first-order valence-corrected chi connectivity index (χ1v) is 7.08. The Morgan fingerprint density at radius 1 is 1.23 bits per heavy atom. The Hall–Kier alpha value is -2.89. The van der Waals surface area contributed by atoms with Gasteiger partial charge in [0.05, 0.1) is 5.69 Å². The molecule has 3 aromatic rings. The molecule has 6 nitrogen and oxygen atoms in total. The third-order valence-electron chi connectivity index (χ3n) is 3.11. The standard InChI is InChI=1S/C16H16N4O2/c1-2-14-18-16-13(9-6-10-20(16)19-14)17-15(21)11-22-12-7-4-3-5-8-12/h3-10H,2,11H2,1H3,(H,17,21). The highest BCUT2D eigenvalue weighted by atomic mass is 16.5. The van der Waals surface area contributed by atoms with E-state index in [1.807, 2.05) is 31.2 Å². The first kappa shape index (κ1) is 14.1. The van der Waals surface area contributed by atoms with Crippen LogP contribution in [0.15, 0.2) is 48.7 Å². The third kappa shape index (κ3) is 3.06. The summed E-state index contributed by atoms with van der Waals surface area (Å²) in [5, 5.41) is 7.12. The van der Waals surface area contributed by atoms with Gasteiger partial charge in [0.1, 0.15) is 5.75 Å². The van der Waals surface area contributed by atoms with Crippen molar-refractivity contribution in [2.24, 2.45) is 0 Å². The summed E-state index contributed by atoms with van der Waals surface area (Å²) in [4.78, 5) is 16.4. The van der Waals surface area contributed by atoms with Crippen molar-refractivity contribution in [1.82, 2.24) is 14.6 Å². The van der Waals surface area contributed by atoms with Gasteiger partial charge in [-0.25, -0.2) is 9.50 Å². The number of hydrogen-bond acceptors (Lipinski definition) is 4. The first-order chi connectivity index (χ1) is 10.8. The minimum atomic E-state index is -0.238. The van der Waals surface area contributed by atoms with E-state index in [0.29, 0.717) is 17.1 Å². The van der Waals surface area contributed by atoms with Gasteiger partial charge in [-0.2, -0.15) is 5.10 Å². The molecule has 1 aromatic carbocycles. The number of anilines is 1. The highest BCUT2D eigenvalue weighted by Gasteiger charge is 2.10. The number of rotatable bonds is 5. The van der Waals surface area contributed by atoms with Crippen molar-refractivity contribution in [2.75, 3.05) is 11.9 Å². The molecule has 22 heavy (non-hydrogen) atoms. The Morgan fingerprint density at radius 2 is 2.05 bits per heavy atom. The molecule has 6 heteroatoms. The molecule has 0 aliphatic carbocycles. The number of carbonyl (C=O) groups excluding carboxylic acids is 1. The van der Waals surface area contributed by atoms with E-state index < -0.39 is 0 Å². The number of benzene rings is 1. The highest BCUT2D eigenvalue weighted by molar-refractivity contribution is 5.95. The van der Waals surface area contributed by atoms with Crippen molar-refractivity contribution in [2.45, 2.75) is 13.3 Å². The minimum absolute atomic E-state index is 0.0557. The maximum absolute atomic E-state index is 12.0. The Bertz CT molecular complexity index is 783. The lowest BCUT2D eigenvalue weighted by molar-refractivity contribution is -0.118. The van der Waals surface area contributed by atoms with Gasteiger partial charge in [0, 0.05) is 12.6 Å². The van der Waals surface area contributed by atoms with E-state index in [0.717, 1.165) is 12.2 Å². The van der Waals surface area contributed by atoms with Crippen LogP contribution in [0.2, 0.25) is 0 Å². The van der Waals surface area contributed by atoms with Gasteiger partial charge in [-0.1, -0.05) is 25.1 Å². The number of nitrogens with one attached hydrogen (secondary N) is 1. The lowest BCUT2D eigenvalue weighted by Crippen LogP contribution is -2.20. The number of aromatic nitrogens is 3. The van der Waals surface area contributed by atoms with E-state index in [2.05, 4.69) is 15.4 Å². The molecule has 1 N–H and O–H groups in total. The van der Waals surface area contributed by atoms with Crippen LogP contribution in [0.3, 0.4) is 0 Å². The lowest BCUT2D eigenvalue weighted by Gasteiger charge is -2.07. The van der Waals surface area contributed by atoms with E-state index in [-0.39, 0.29) is 12.5 Å². The summed E-state index contributed by atoms with van der Waals surface area (Å²) in [5.41, 5.74) is 1.25. The van der Waals surface area contributed by atoms with Crippen LogP contribution in [0.4, 0.5) is 5.69 Å². The number of fused-ring (bicyclic) bond motifs is 1. The Balaban J connectivity index is 1.70. The molecule has 0 aliphatic rings. The maximum Gasteiger partial charge on any atom is 0.262 e. The number of para-hydroxylation sites is 1. The molecule has 0 saturated carbocycles. The third-order valence-corrected chi connectivity index (χ3v) is 3.11. The molecule has 0 radical (unpaired) electrons. The molecule has 0 unspecified atom stereocenters. The van der Waals surface area contributed by atoms with Crippen LogP contribution >= 0.6 is 0 Å². The second-order valence-electron chi connectivity index (χ2n) is 4.72. The summed E-state index contributed by atoms with van der Waals surface area (Å²) in [6.45, 7) is 1.93. The number of pyridine rings is 1. The molecular weight excluding hydrogens is 280 g/mol. The van der Waals surface area contributed by atoms with E-state index in [1.54, 1.807) is 28.9 Å². The average molecular weight is 296 g/mol. The quantitative estimate of drug-likeness (QED) is 0.784. The molecule has 1 amide bonds. The van der Waals surface area contributed by atoms with Gasteiger partial charge in [0.2, 0.25) is 0 Å². The van der Waals surface area contributed by atoms with Crippen molar-refractivity contribution in [3.8, 4) is 5.75 Å². The predicted molar refractivity (Wildman–Crippen MR) is 82.9 cm³/mol. The molecule has 2 aromatic heterocycles. The lowest BCUT2D eigenvalue weighted by atomic mass is 10.3. The molecule has 0 aliphatic heterocycles. The van der Waals surface area contributed by atoms with Gasteiger partial charge < -0.3 is 10.1 Å².